The van der Waals surface area contributed by atoms with Gasteiger partial charge in [0.15, 0.2) is 0 Å². The molecule has 1 rings (SSSR count). The molecule has 0 aromatic rings. The number of carbonyl (C=O) groups excluding carboxylic acids is 3. The number of amides is 3. The topological polar surface area (TPSA) is 105 Å². The minimum atomic E-state index is -1.07. The zero-order chi connectivity index (χ0) is 16.9. The van der Waals surface area contributed by atoms with Crippen LogP contribution in [-0.2, 0) is 14.3 Å². The molecule has 22 heavy (non-hydrogen) atoms. The second-order valence-corrected chi connectivity index (χ2v) is 6.49. The second kappa shape index (κ2) is 7.44. The summed E-state index contributed by atoms with van der Waals surface area (Å²) in [4.78, 5) is 39.1. The van der Waals surface area contributed by atoms with Crippen LogP contribution in [0.2, 0.25) is 0 Å². The minimum Gasteiger partial charge on any atom is -0.444 e. The number of primary amides is 1. The lowest BCUT2D eigenvalue weighted by atomic mass is 10.1. The van der Waals surface area contributed by atoms with E-state index in [9.17, 15) is 14.4 Å². The Bertz CT molecular complexity index is 425. The van der Waals surface area contributed by atoms with E-state index in [0.29, 0.717) is 13.1 Å². The largest absolute Gasteiger partial charge is 0.444 e. The van der Waals surface area contributed by atoms with Gasteiger partial charge in [-0.05, 0) is 27.8 Å². The number of rotatable bonds is 4. The average molecular weight is 314 g/mol. The molecule has 3 N–H and O–H groups in total. The van der Waals surface area contributed by atoms with Crippen molar-refractivity contribution in [3.63, 3.8) is 0 Å². The minimum absolute atomic E-state index is 0.154. The Labute approximate surface area is 130 Å². The summed E-state index contributed by atoms with van der Waals surface area (Å²) in [5.41, 5.74) is 4.57. The fourth-order valence-corrected chi connectivity index (χ4v) is 2.03. The molecule has 0 aromatic heterocycles. The Morgan fingerprint density at radius 2 is 1.73 bits per heavy atom. The van der Waals surface area contributed by atoms with Crippen LogP contribution in [-0.4, -0.2) is 72.6 Å². The molecule has 0 unspecified atom stereocenters. The third-order valence-electron chi connectivity index (χ3n) is 3.27. The lowest BCUT2D eigenvalue weighted by molar-refractivity contribution is -0.135. The number of hydrogen-bond donors (Lipinski definition) is 2. The molecule has 0 aromatic carbocycles. The maximum Gasteiger partial charge on any atom is 0.408 e. The molecule has 1 heterocycles. The Morgan fingerprint density at radius 3 is 2.18 bits per heavy atom. The van der Waals surface area contributed by atoms with E-state index in [0.717, 1.165) is 13.1 Å². The van der Waals surface area contributed by atoms with Crippen molar-refractivity contribution in [2.75, 3.05) is 33.2 Å². The Balaban J connectivity index is 2.55. The summed E-state index contributed by atoms with van der Waals surface area (Å²) in [6.07, 6.45) is -0.916. The van der Waals surface area contributed by atoms with Crippen molar-refractivity contribution in [1.29, 1.82) is 0 Å². The quantitative estimate of drug-likeness (QED) is 0.730. The van der Waals surface area contributed by atoms with Crippen LogP contribution in [0.25, 0.3) is 0 Å². The molecular weight excluding hydrogens is 288 g/mol. The maximum atomic E-state index is 12.2. The molecule has 3 amide bonds. The first-order chi connectivity index (χ1) is 10.1. The molecule has 0 aliphatic carbocycles. The van der Waals surface area contributed by atoms with Gasteiger partial charge in [0.1, 0.15) is 11.6 Å². The highest BCUT2D eigenvalue weighted by Crippen LogP contribution is 2.08. The fourth-order valence-electron chi connectivity index (χ4n) is 2.03. The Hall–Kier alpha value is -1.83. The molecule has 8 heteroatoms. The van der Waals surface area contributed by atoms with Crippen molar-refractivity contribution >= 4 is 17.9 Å². The normalized spacial score (nSPS) is 17.7. The molecule has 0 spiro atoms. The van der Waals surface area contributed by atoms with E-state index < -0.39 is 23.6 Å². The highest BCUT2D eigenvalue weighted by Gasteiger charge is 2.28. The summed E-state index contributed by atoms with van der Waals surface area (Å²) in [5, 5.41) is 2.36. The van der Waals surface area contributed by atoms with Crippen molar-refractivity contribution in [1.82, 2.24) is 15.1 Å². The monoisotopic (exact) mass is 314 g/mol. The SMILES string of the molecule is CN1CCN(C(=O)C[C@H](NC(=O)OC(C)(C)C)C(N)=O)CC1. The lowest BCUT2D eigenvalue weighted by Crippen LogP contribution is -2.52. The number of alkyl carbamates (subject to hydrolysis) is 1. The number of nitrogens with zero attached hydrogens (tertiary/aromatic N) is 2. The van der Waals surface area contributed by atoms with Crippen molar-refractivity contribution < 1.29 is 19.1 Å². The highest BCUT2D eigenvalue weighted by molar-refractivity contribution is 5.90. The highest BCUT2D eigenvalue weighted by atomic mass is 16.6. The standard InChI is InChI=1S/C14H26N4O4/c1-14(2,3)22-13(21)16-10(12(15)20)9-11(19)18-7-5-17(4)6-8-18/h10H,5-9H2,1-4H3,(H2,15,20)(H,16,21)/t10-/m0/s1. The predicted molar refractivity (Wildman–Crippen MR) is 81.0 cm³/mol. The number of carbonyl (C=O) groups is 3. The van der Waals surface area contributed by atoms with Gasteiger partial charge in [-0.15, -0.1) is 0 Å². The molecule has 1 aliphatic rings. The molecule has 1 atom stereocenters. The number of hydrogen-bond acceptors (Lipinski definition) is 5. The molecule has 1 saturated heterocycles. The van der Waals surface area contributed by atoms with Gasteiger partial charge in [-0.3, -0.25) is 9.59 Å². The lowest BCUT2D eigenvalue weighted by Gasteiger charge is -2.33. The van der Waals surface area contributed by atoms with E-state index >= 15 is 0 Å². The van der Waals surface area contributed by atoms with E-state index in [2.05, 4.69) is 10.2 Å². The zero-order valence-electron chi connectivity index (χ0n) is 13.7. The van der Waals surface area contributed by atoms with Crippen LogP contribution in [0.4, 0.5) is 4.79 Å². The van der Waals surface area contributed by atoms with Crippen LogP contribution in [0.5, 0.6) is 0 Å². The zero-order valence-corrected chi connectivity index (χ0v) is 13.7. The van der Waals surface area contributed by atoms with Crippen LogP contribution >= 0.6 is 0 Å². The van der Waals surface area contributed by atoms with E-state index in [1.165, 1.54) is 0 Å². The van der Waals surface area contributed by atoms with E-state index in [4.69, 9.17) is 10.5 Å². The van der Waals surface area contributed by atoms with E-state index in [1.54, 1.807) is 25.7 Å². The maximum absolute atomic E-state index is 12.2. The molecule has 0 bridgehead atoms. The van der Waals surface area contributed by atoms with Gasteiger partial charge < -0.3 is 25.6 Å². The van der Waals surface area contributed by atoms with Crippen LogP contribution < -0.4 is 11.1 Å². The van der Waals surface area contributed by atoms with Crippen molar-refractivity contribution in [2.24, 2.45) is 5.73 Å². The molecule has 8 nitrogen and oxygen atoms in total. The second-order valence-electron chi connectivity index (χ2n) is 6.49. The smallest absolute Gasteiger partial charge is 0.408 e. The number of nitrogens with two attached hydrogens (primary N) is 1. The van der Waals surface area contributed by atoms with Gasteiger partial charge in [-0.1, -0.05) is 0 Å². The molecule has 0 radical (unpaired) electrons. The number of piperazine rings is 1. The van der Waals surface area contributed by atoms with Gasteiger partial charge in [-0.2, -0.15) is 0 Å². The summed E-state index contributed by atoms with van der Waals surface area (Å²) in [6, 6.07) is -1.07. The first kappa shape index (κ1) is 18.2. The summed E-state index contributed by atoms with van der Waals surface area (Å²) in [7, 11) is 1.98. The van der Waals surface area contributed by atoms with Gasteiger partial charge in [0.2, 0.25) is 11.8 Å². The van der Waals surface area contributed by atoms with Crippen LogP contribution in [0.3, 0.4) is 0 Å². The summed E-state index contributed by atoms with van der Waals surface area (Å²) < 4.78 is 5.07. The van der Waals surface area contributed by atoms with E-state index in [-0.39, 0.29) is 12.3 Å². The molecular formula is C14H26N4O4. The van der Waals surface area contributed by atoms with Gasteiger partial charge in [0.25, 0.3) is 0 Å². The molecule has 1 aliphatic heterocycles. The average Bonchev–Trinajstić information content (AvgIpc) is 2.36. The number of ether oxygens (including phenoxy) is 1. The Morgan fingerprint density at radius 1 is 1.18 bits per heavy atom. The van der Waals surface area contributed by atoms with E-state index in [1.807, 2.05) is 7.05 Å². The van der Waals surface area contributed by atoms with Crippen molar-refractivity contribution in [2.45, 2.75) is 38.8 Å². The molecule has 0 saturated carbocycles. The van der Waals surface area contributed by atoms with Gasteiger partial charge in [0, 0.05) is 26.2 Å². The van der Waals surface area contributed by atoms with Crippen LogP contribution in [0.1, 0.15) is 27.2 Å². The first-order valence-corrected chi connectivity index (χ1v) is 7.33. The van der Waals surface area contributed by atoms with Gasteiger partial charge in [0.05, 0.1) is 6.42 Å². The summed E-state index contributed by atoms with van der Waals surface area (Å²) >= 11 is 0. The number of likely N-dealkylation sites (N-methyl/N-ethyl adjacent to an activating group) is 1. The van der Waals surface area contributed by atoms with Gasteiger partial charge in [-0.25, -0.2) is 4.79 Å². The van der Waals surface area contributed by atoms with Crippen molar-refractivity contribution in [3.8, 4) is 0 Å². The third-order valence-corrected chi connectivity index (χ3v) is 3.27. The van der Waals surface area contributed by atoms with Crippen LogP contribution in [0, 0.1) is 0 Å². The number of nitrogens with one attached hydrogen (secondary N) is 1. The fraction of sp³-hybridized carbons (Fsp3) is 0.786. The first-order valence-electron chi connectivity index (χ1n) is 7.33. The Kier molecular flexibility index (Phi) is 6.16. The van der Waals surface area contributed by atoms with Crippen molar-refractivity contribution in [3.05, 3.63) is 0 Å². The third kappa shape index (κ3) is 6.30. The molecule has 126 valence electrons. The predicted octanol–water partition coefficient (Wildman–Crippen LogP) is -0.471. The summed E-state index contributed by atoms with van der Waals surface area (Å²) in [6.45, 7) is 7.91. The molecule has 1 fully saturated rings. The van der Waals surface area contributed by atoms with Gasteiger partial charge >= 0.3 is 6.09 Å². The summed E-state index contributed by atoms with van der Waals surface area (Å²) in [5.74, 6) is -0.957. The van der Waals surface area contributed by atoms with Crippen LogP contribution in [0.15, 0.2) is 0 Å².